The van der Waals surface area contributed by atoms with Crippen molar-refractivity contribution in [1.82, 2.24) is 14.7 Å². The quantitative estimate of drug-likeness (QED) is 0.808. The zero-order valence-corrected chi connectivity index (χ0v) is 12.5. The normalized spacial score (nSPS) is 18.1. The molecule has 1 fully saturated rings. The summed E-state index contributed by atoms with van der Waals surface area (Å²) in [4.78, 5) is 3.78. The molecule has 1 aliphatic rings. The Bertz CT molecular complexity index is 616. The zero-order valence-electron chi connectivity index (χ0n) is 11.6. The van der Waals surface area contributed by atoms with E-state index in [1.54, 1.807) is 0 Å². The minimum absolute atomic E-state index is 0.407. The molecule has 3 N–H and O–H groups in total. The van der Waals surface area contributed by atoms with Crippen LogP contribution >= 0.6 is 0 Å². The number of halogens is 2. The van der Waals surface area contributed by atoms with Gasteiger partial charge in [0.1, 0.15) is 10.7 Å². The smallest absolute Gasteiger partial charge is 0.256 e. The Hall–Kier alpha value is -1.13. The first kappa shape index (κ1) is 16.2. The van der Waals surface area contributed by atoms with Crippen LogP contribution in [0.2, 0.25) is 0 Å². The molecular weight excluding hydrogens is 302 g/mol. The number of likely N-dealkylation sites (N-methyl/N-ethyl adjacent to an activating group) is 1. The maximum Gasteiger partial charge on any atom is 0.256 e. The third-order valence-electron chi connectivity index (χ3n) is 3.40. The largest absolute Gasteiger partial charge is 0.326 e. The molecular formula is C12H18F2N4O2S. The van der Waals surface area contributed by atoms with Gasteiger partial charge in [-0.05, 0) is 19.2 Å². The number of nitrogens with two attached hydrogens (primary N) is 1. The number of sulfonamides is 1. The molecule has 0 spiro atoms. The molecule has 2 rings (SSSR count). The molecule has 1 heterocycles. The van der Waals surface area contributed by atoms with Crippen molar-refractivity contribution in [2.75, 3.05) is 33.2 Å². The summed E-state index contributed by atoms with van der Waals surface area (Å²) in [5.41, 5.74) is 4.82. The number of nitrogens with one attached hydrogen (secondary N) is 1. The third-order valence-corrected chi connectivity index (χ3v) is 4.79. The van der Waals surface area contributed by atoms with Crippen molar-refractivity contribution in [2.45, 2.75) is 11.4 Å². The number of hydrogen-bond donors (Lipinski definition) is 2. The molecule has 0 atom stereocenters. The van der Waals surface area contributed by atoms with Crippen LogP contribution in [-0.4, -0.2) is 51.6 Å². The highest BCUT2D eigenvalue weighted by Gasteiger charge is 2.26. The lowest BCUT2D eigenvalue weighted by Gasteiger charge is -2.32. The van der Waals surface area contributed by atoms with Crippen molar-refractivity contribution in [3.05, 3.63) is 29.3 Å². The summed E-state index contributed by atoms with van der Waals surface area (Å²) in [7, 11) is -2.17. The fourth-order valence-electron chi connectivity index (χ4n) is 2.09. The Kier molecular flexibility index (Phi) is 4.89. The van der Waals surface area contributed by atoms with Gasteiger partial charge in [0, 0.05) is 38.3 Å². The van der Waals surface area contributed by atoms with Gasteiger partial charge in [-0.2, -0.15) is 0 Å². The third kappa shape index (κ3) is 3.55. The Balaban J connectivity index is 2.24. The fraction of sp³-hybridized carbons (Fsp3) is 0.500. The van der Waals surface area contributed by atoms with Crippen LogP contribution < -0.4 is 10.6 Å². The summed E-state index contributed by atoms with van der Waals surface area (Å²) in [6, 6.07) is 1.81. The van der Waals surface area contributed by atoms with E-state index in [0.29, 0.717) is 26.2 Å². The van der Waals surface area contributed by atoms with Crippen molar-refractivity contribution < 1.29 is 17.2 Å². The van der Waals surface area contributed by atoms with Gasteiger partial charge in [0.05, 0.1) is 0 Å². The second-order valence-electron chi connectivity index (χ2n) is 4.93. The van der Waals surface area contributed by atoms with E-state index in [1.165, 1.54) is 5.01 Å². The Morgan fingerprint density at radius 3 is 2.43 bits per heavy atom. The Labute approximate surface area is 122 Å². The van der Waals surface area contributed by atoms with Gasteiger partial charge < -0.3 is 10.6 Å². The lowest BCUT2D eigenvalue weighted by Crippen LogP contribution is -2.52. The average Bonchev–Trinajstić information content (AvgIpc) is 2.41. The maximum atomic E-state index is 14.1. The molecule has 0 radical (unpaired) electrons. The molecule has 21 heavy (non-hydrogen) atoms. The molecule has 1 saturated heterocycles. The topological polar surface area (TPSA) is 78.7 Å². The first-order valence-electron chi connectivity index (χ1n) is 6.48. The number of hydrogen-bond acceptors (Lipinski definition) is 5. The predicted octanol–water partition coefficient (Wildman–Crippen LogP) is -0.136. The summed E-state index contributed by atoms with van der Waals surface area (Å²) in [5, 5.41) is 1.50. The molecule has 1 aromatic rings. The van der Waals surface area contributed by atoms with Crippen LogP contribution in [0.15, 0.2) is 17.0 Å². The zero-order chi connectivity index (χ0) is 15.6. The molecule has 0 bridgehead atoms. The molecule has 6 nitrogen and oxygen atoms in total. The maximum absolute atomic E-state index is 14.1. The highest BCUT2D eigenvalue weighted by molar-refractivity contribution is 7.89. The fourth-order valence-corrected chi connectivity index (χ4v) is 3.31. The SMILES string of the molecule is CN1CCN(NS(=O)(=O)c2ccc(F)c(CN)c2F)CC1. The van der Waals surface area contributed by atoms with E-state index in [1.807, 2.05) is 7.05 Å². The number of rotatable bonds is 4. The minimum atomic E-state index is -4.10. The number of nitrogens with zero attached hydrogens (tertiary/aromatic N) is 2. The molecule has 0 unspecified atom stereocenters. The predicted molar refractivity (Wildman–Crippen MR) is 73.6 cm³/mol. The minimum Gasteiger partial charge on any atom is -0.326 e. The van der Waals surface area contributed by atoms with E-state index >= 15 is 0 Å². The van der Waals surface area contributed by atoms with Gasteiger partial charge in [-0.15, -0.1) is 4.83 Å². The van der Waals surface area contributed by atoms with Gasteiger partial charge >= 0.3 is 0 Å². The van der Waals surface area contributed by atoms with Crippen LogP contribution in [0.1, 0.15) is 5.56 Å². The molecule has 9 heteroatoms. The van der Waals surface area contributed by atoms with E-state index in [-0.39, 0.29) is 0 Å². The highest BCUT2D eigenvalue weighted by Crippen LogP contribution is 2.21. The molecule has 0 saturated carbocycles. The summed E-state index contributed by atoms with van der Waals surface area (Å²) in [6.45, 7) is 1.96. The second kappa shape index (κ2) is 6.32. The van der Waals surface area contributed by atoms with E-state index in [4.69, 9.17) is 5.73 Å². The molecule has 0 aliphatic carbocycles. The second-order valence-corrected chi connectivity index (χ2v) is 6.56. The molecule has 0 aromatic heterocycles. The lowest BCUT2D eigenvalue weighted by molar-refractivity contribution is 0.134. The van der Waals surface area contributed by atoms with Gasteiger partial charge in [-0.25, -0.2) is 22.2 Å². The van der Waals surface area contributed by atoms with Crippen molar-refractivity contribution in [3.63, 3.8) is 0 Å². The number of piperazine rings is 1. The first-order chi connectivity index (χ1) is 9.85. The highest BCUT2D eigenvalue weighted by atomic mass is 32.2. The van der Waals surface area contributed by atoms with Gasteiger partial charge in [0.25, 0.3) is 10.0 Å². The van der Waals surface area contributed by atoms with Crippen LogP contribution in [0, 0.1) is 11.6 Å². The van der Waals surface area contributed by atoms with E-state index in [9.17, 15) is 17.2 Å². The number of benzene rings is 1. The van der Waals surface area contributed by atoms with Crippen LogP contribution in [0.3, 0.4) is 0 Å². The van der Waals surface area contributed by atoms with E-state index < -0.39 is 38.7 Å². The van der Waals surface area contributed by atoms with Crippen LogP contribution in [0.5, 0.6) is 0 Å². The Morgan fingerprint density at radius 2 is 1.86 bits per heavy atom. The van der Waals surface area contributed by atoms with Crippen molar-refractivity contribution in [2.24, 2.45) is 5.73 Å². The van der Waals surface area contributed by atoms with Crippen LogP contribution in [0.4, 0.5) is 8.78 Å². The van der Waals surface area contributed by atoms with E-state index in [2.05, 4.69) is 9.73 Å². The summed E-state index contributed by atoms with van der Waals surface area (Å²) < 4.78 is 51.9. The lowest BCUT2D eigenvalue weighted by atomic mass is 10.2. The standard InChI is InChI=1S/C12H18F2N4O2S/c1-17-4-6-18(7-5-17)16-21(19,20)11-3-2-10(13)9(8-15)12(11)14/h2-3,16H,4-8,15H2,1H3. The molecule has 1 aliphatic heterocycles. The monoisotopic (exact) mass is 320 g/mol. The van der Waals surface area contributed by atoms with Crippen LogP contribution in [-0.2, 0) is 16.6 Å². The first-order valence-corrected chi connectivity index (χ1v) is 7.96. The van der Waals surface area contributed by atoms with E-state index in [0.717, 1.165) is 12.1 Å². The van der Waals surface area contributed by atoms with Gasteiger partial charge in [-0.3, -0.25) is 0 Å². The van der Waals surface area contributed by atoms with Crippen molar-refractivity contribution in [1.29, 1.82) is 0 Å². The summed E-state index contributed by atoms with van der Waals surface area (Å²) in [6.07, 6.45) is 0. The average molecular weight is 320 g/mol. The molecule has 118 valence electrons. The Morgan fingerprint density at radius 1 is 1.24 bits per heavy atom. The molecule has 1 aromatic carbocycles. The van der Waals surface area contributed by atoms with Gasteiger partial charge in [0.2, 0.25) is 0 Å². The molecule has 0 amide bonds. The van der Waals surface area contributed by atoms with Gasteiger partial charge in [-0.1, -0.05) is 0 Å². The van der Waals surface area contributed by atoms with Crippen molar-refractivity contribution in [3.8, 4) is 0 Å². The summed E-state index contributed by atoms with van der Waals surface area (Å²) in [5.74, 6) is -1.99. The van der Waals surface area contributed by atoms with Crippen LogP contribution in [0.25, 0.3) is 0 Å². The van der Waals surface area contributed by atoms with Crippen molar-refractivity contribution >= 4 is 10.0 Å². The number of hydrazine groups is 1. The van der Waals surface area contributed by atoms with Gasteiger partial charge in [0.15, 0.2) is 5.82 Å². The summed E-state index contributed by atoms with van der Waals surface area (Å²) >= 11 is 0.